The number of hydrogen-bond donors (Lipinski definition) is 0. The van der Waals surface area contributed by atoms with Gasteiger partial charge in [0.1, 0.15) is 10.9 Å². The van der Waals surface area contributed by atoms with Crippen LogP contribution in [-0.4, -0.2) is 29.2 Å². The Morgan fingerprint density at radius 3 is 2.28 bits per heavy atom. The Hall–Kier alpha value is -2.66. The van der Waals surface area contributed by atoms with Crippen molar-refractivity contribution in [1.29, 1.82) is 0 Å². The summed E-state index contributed by atoms with van der Waals surface area (Å²) in [5.41, 5.74) is 3.33. The van der Waals surface area contributed by atoms with Gasteiger partial charge in [-0.1, -0.05) is 30.3 Å². The topological polar surface area (TPSA) is 37.8 Å². The predicted molar refractivity (Wildman–Crippen MR) is 96.9 cm³/mol. The minimum atomic E-state index is 0. The van der Waals surface area contributed by atoms with Gasteiger partial charge in [-0.2, -0.15) is 0 Å². The Kier molecular flexibility index (Phi) is 6.31. The number of tetrazole rings is 1. The molecule has 0 fully saturated rings. The molecule has 25 heavy (non-hydrogen) atoms. The number of anilines is 1. The fourth-order valence-corrected chi connectivity index (χ4v) is 2.48. The van der Waals surface area contributed by atoms with Gasteiger partial charge in [-0.05, 0) is 47.5 Å². The van der Waals surface area contributed by atoms with Crippen LogP contribution in [0.3, 0.4) is 0 Å². The molecule has 1 aromatic heterocycles. The highest BCUT2D eigenvalue weighted by Gasteiger charge is 2.18. The Morgan fingerprint density at radius 2 is 1.68 bits per heavy atom. The highest BCUT2D eigenvalue weighted by Crippen LogP contribution is 2.14. The maximum atomic E-state index is 4.28. The van der Waals surface area contributed by atoms with Crippen LogP contribution < -0.4 is 22.0 Å². The SMILES string of the molecule is CC[n+]1nnn(-c2ccccc2)c1C=Cc1ccc(N(C)C)cc1.[Cl-]. The minimum absolute atomic E-state index is 0. The van der Waals surface area contributed by atoms with E-state index in [0.717, 1.165) is 23.6 Å². The van der Waals surface area contributed by atoms with Gasteiger partial charge in [-0.15, -0.1) is 4.68 Å². The Labute approximate surface area is 154 Å². The first-order valence-electron chi connectivity index (χ1n) is 8.05. The molecule has 0 N–H and O–H groups in total. The number of rotatable bonds is 5. The fraction of sp³-hybridized carbons (Fsp3) is 0.211. The standard InChI is InChI=1S/C19H22N5.ClH/c1-4-23-19(24(21-20-23)18-8-6-5-7-9-18)15-12-16-10-13-17(14-11-16)22(2)3;/h5-15H,4H2,1-3H3;1H/q+1;/p-1. The molecule has 0 unspecified atom stereocenters. The number of para-hydroxylation sites is 1. The molecule has 0 radical (unpaired) electrons. The molecule has 130 valence electrons. The number of aryl methyl sites for hydroxylation is 1. The molecule has 0 atom stereocenters. The molecule has 0 aliphatic carbocycles. The zero-order valence-electron chi connectivity index (χ0n) is 14.7. The maximum Gasteiger partial charge on any atom is 0.287 e. The van der Waals surface area contributed by atoms with Crippen LogP contribution >= 0.6 is 0 Å². The summed E-state index contributed by atoms with van der Waals surface area (Å²) in [7, 11) is 4.08. The van der Waals surface area contributed by atoms with Crippen molar-refractivity contribution in [2.45, 2.75) is 13.5 Å². The summed E-state index contributed by atoms with van der Waals surface area (Å²) in [5, 5.41) is 8.51. The summed E-state index contributed by atoms with van der Waals surface area (Å²) in [5.74, 6) is 0.945. The normalized spacial score (nSPS) is 10.7. The highest BCUT2D eigenvalue weighted by atomic mass is 35.5. The van der Waals surface area contributed by atoms with Gasteiger partial charge in [0.25, 0.3) is 5.82 Å². The second kappa shape index (κ2) is 8.44. The Bertz CT molecular complexity index is 823. The van der Waals surface area contributed by atoms with E-state index >= 15 is 0 Å². The lowest BCUT2D eigenvalue weighted by Crippen LogP contribution is -3.00. The van der Waals surface area contributed by atoms with E-state index < -0.39 is 0 Å². The van der Waals surface area contributed by atoms with E-state index in [0.29, 0.717) is 0 Å². The van der Waals surface area contributed by atoms with Gasteiger partial charge in [0.05, 0.1) is 6.54 Å². The van der Waals surface area contributed by atoms with Crippen molar-refractivity contribution in [1.82, 2.24) is 15.1 Å². The molecule has 0 saturated heterocycles. The second-order valence-electron chi connectivity index (χ2n) is 5.72. The van der Waals surface area contributed by atoms with E-state index in [9.17, 15) is 0 Å². The highest BCUT2D eigenvalue weighted by molar-refractivity contribution is 5.67. The third-order valence-electron chi connectivity index (χ3n) is 3.85. The van der Waals surface area contributed by atoms with E-state index in [2.05, 4.69) is 58.7 Å². The molecular weight excluding hydrogens is 334 g/mol. The van der Waals surface area contributed by atoms with Crippen LogP contribution in [0.1, 0.15) is 18.3 Å². The molecule has 0 bridgehead atoms. The maximum absolute atomic E-state index is 4.28. The molecule has 6 heteroatoms. The summed E-state index contributed by atoms with van der Waals surface area (Å²) >= 11 is 0. The molecule has 0 saturated carbocycles. The largest absolute Gasteiger partial charge is 1.00 e. The molecular formula is C19H22ClN5. The van der Waals surface area contributed by atoms with Crippen molar-refractivity contribution in [3.05, 3.63) is 66.0 Å². The van der Waals surface area contributed by atoms with Crippen molar-refractivity contribution < 1.29 is 17.1 Å². The van der Waals surface area contributed by atoms with Crippen molar-refractivity contribution >= 4 is 17.8 Å². The van der Waals surface area contributed by atoms with E-state index in [4.69, 9.17) is 0 Å². The number of benzene rings is 2. The van der Waals surface area contributed by atoms with Crippen LogP contribution in [0, 0.1) is 0 Å². The first kappa shape index (κ1) is 18.7. The lowest BCUT2D eigenvalue weighted by molar-refractivity contribution is -0.753. The van der Waals surface area contributed by atoms with Crippen LogP contribution in [0.5, 0.6) is 0 Å². The van der Waals surface area contributed by atoms with Crippen molar-refractivity contribution in [3.63, 3.8) is 0 Å². The number of hydrogen-bond acceptors (Lipinski definition) is 3. The van der Waals surface area contributed by atoms with E-state index in [1.807, 2.05) is 53.8 Å². The van der Waals surface area contributed by atoms with Crippen LogP contribution in [-0.2, 0) is 6.54 Å². The molecule has 0 spiro atoms. The molecule has 3 rings (SSSR count). The second-order valence-corrected chi connectivity index (χ2v) is 5.72. The average Bonchev–Trinajstić information content (AvgIpc) is 3.04. The van der Waals surface area contributed by atoms with Gasteiger partial charge >= 0.3 is 0 Å². The summed E-state index contributed by atoms with van der Waals surface area (Å²) in [6, 6.07) is 18.5. The van der Waals surface area contributed by atoms with E-state index in [1.165, 1.54) is 5.69 Å². The van der Waals surface area contributed by atoms with Crippen molar-refractivity contribution in [2.75, 3.05) is 19.0 Å². The van der Waals surface area contributed by atoms with Gasteiger partial charge in [0.2, 0.25) is 0 Å². The molecule has 0 amide bonds. The zero-order chi connectivity index (χ0) is 16.9. The average molecular weight is 356 g/mol. The fourth-order valence-electron chi connectivity index (χ4n) is 2.48. The van der Waals surface area contributed by atoms with E-state index in [-0.39, 0.29) is 12.4 Å². The minimum Gasteiger partial charge on any atom is -1.00 e. The van der Waals surface area contributed by atoms with Gasteiger partial charge < -0.3 is 17.3 Å². The summed E-state index contributed by atoms with van der Waals surface area (Å²) < 4.78 is 3.74. The summed E-state index contributed by atoms with van der Waals surface area (Å²) in [4.78, 5) is 2.09. The number of halogens is 1. The van der Waals surface area contributed by atoms with Gasteiger partial charge in [-0.25, -0.2) is 0 Å². The smallest absolute Gasteiger partial charge is 0.287 e. The lowest BCUT2D eigenvalue weighted by Gasteiger charge is -2.11. The van der Waals surface area contributed by atoms with Crippen LogP contribution in [0.4, 0.5) is 5.69 Å². The van der Waals surface area contributed by atoms with Crippen LogP contribution in [0.2, 0.25) is 0 Å². The molecule has 0 aliphatic heterocycles. The monoisotopic (exact) mass is 355 g/mol. The van der Waals surface area contributed by atoms with E-state index in [1.54, 1.807) is 0 Å². The number of nitrogens with zero attached hydrogens (tertiary/aromatic N) is 5. The van der Waals surface area contributed by atoms with Crippen molar-refractivity contribution in [3.8, 4) is 5.69 Å². The third kappa shape index (κ3) is 4.25. The molecule has 5 nitrogen and oxygen atoms in total. The first-order chi connectivity index (χ1) is 11.7. The van der Waals surface area contributed by atoms with Gasteiger partial charge in [0.15, 0.2) is 5.21 Å². The summed E-state index contributed by atoms with van der Waals surface area (Å²) in [6.07, 6.45) is 4.14. The molecule has 3 aromatic rings. The predicted octanol–water partition coefficient (Wildman–Crippen LogP) is -0.185. The van der Waals surface area contributed by atoms with Gasteiger partial charge in [-0.3, -0.25) is 0 Å². The zero-order valence-corrected chi connectivity index (χ0v) is 15.4. The Balaban J connectivity index is 0.00000225. The first-order valence-corrected chi connectivity index (χ1v) is 8.05. The molecule has 0 aliphatic rings. The van der Waals surface area contributed by atoms with Crippen LogP contribution in [0.15, 0.2) is 54.6 Å². The quantitative estimate of drug-likeness (QED) is 0.596. The molecule has 2 aromatic carbocycles. The van der Waals surface area contributed by atoms with Gasteiger partial charge in [0, 0.05) is 25.9 Å². The molecule has 1 heterocycles. The van der Waals surface area contributed by atoms with Crippen molar-refractivity contribution in [2.24, 2.45) is 0 Å². The summed E-state index contributed by atoms with van der Waals surface area (Å²) in [6.45, 7) is 2.83. The lowest BCUT2D eigenvalue weighted by atomic mass is 10.2. The number of aromatic nitrogens is 4. The van der Waals surface area contributed by atoms with Crippen LogP contribution in [0.25, 0.3) is 17.8 Å². The Morgan fingerprint density at radius 1 is 1.00 bits per heavy atom. The third-order valence-corrected chi connectivity index (χ3v) is 3.85.